The Labute approximate surface area is 197 Å². The minimum atomic E-state index is -2.65. The molecule has 34 heavy (non-hydrogen) atoms. The van der Waals surface area contributed by atoms with Gasteiger partial charge in [0.05, 0.1) is 30.7 Å². The average Bonchev–Trinajstić information content (AvgIpc) is 3.20. The first-order valence-electron chi connectivity index (χ1n) is 11.5. The summed E-state index contributed by atoms with van der Waals surface area (Å²) in [5, 5.41) is 12.4. The lowest BCUT2D eigenvalue weighted by atomic mass is 10.0. The number of ether oxygens (including phenoxy) is 2. The molecule has 2 heterocycles. The third kappa shape index (κ3) is 5.38. The minimum Gasteiger partial charge on any atom is -0.489 e. The molecule has 1 aromatic carbocycles. The second kappa shape index (κ2) is 9.84. The summed E-state index contributed by atoms with van der Waals surface area (Å²) in [4.78, 5) is 18.3. The number of benzene rings is 1. The van der Waals surface area contributed by atoms with Gasteiger partial charge in [-0.1, -0.05) is 12.1 Å². The molecule has 1 amide bonds. The Morgan fingerprint density at radius 1 is 1.32 bits per heavy atom. The van der Waals surface area contributed by atoms with Crippen LogP contribution in [0.2, 0.25) is 0 Å². The van der Waals surface area contributed by atoms with Crippen LogP contribution in [0, 0.1) is 17.2 Å². The lowest BCUT2D eigenvalue weighted by Crippen LogP contribution is -2.27. The number of pyridine rings is 1. The van der Waals surface area contributed by atoms with Crippen molar-refractivity contribution in [2.75, 3.05) is 31.1 Å². The zero-order valence-electron chi connectivity index (χ0n) is 19.3. The summed E-state index contributed by atoms with van der Waals surface area (Å²) >= 11 is 0. The maximum atomic E-state index is 13.0. The first kappa shape index (κ1) is 23.7. The van der Waals surface area contributed by atoms with Crippen molar-refractivity contribution >= 4 is 11.6 Å². The van der Waals surface area contributed by atoms with Gasteiger partial charge >= 0.3 is 0 Å². The van der Waals surface area contributed by atoms with Crippen molar-refractivity contribution in [3.8, 4) is 17.7 Å². The SMILES string of the molecule is CCNC(=O)C(C)c1ccc(OC2CCN(c3ccc(OCC4CC4(F)F)nc3C#N)C2)cc1. The Balaban J connectivity index is 1.33. The fourth-order valence-corrected chi connectivity index (χ4v) is 4.04. The van der Waals surface area contributed by atoms with Gasteiger partial charge in [0.2, 0.25) is 11.8 Å². The van der Waals surface area contributed by atoms with Gasteiger partial charge in [0, 0.05) is 32.0 Å². The number of halogens is 2. The van der Waals surface area contributed by atoms with Crippen molar-refractivity contribution in [3.63, 3.8) is 0 Å². The predicted octanol–water partition coefficient (Wildman–Crippen LogP) is 3.88. The lowest BCUT2D eigenvalue weighted by molar-refractivity contribution is -0.122. The second-order valence-electron chi connectivity index (χ2n) is 8.76. The molecule has 2 aliphatic rings. The van der Waals surface area contributed by atoms with Crippen molar-refractivity contribution in [2.45, 2.75) is 44.6 Å². The summed E-state index contributed by atoms with van der Waals surface area (Å²) in [6.07, 6.45) is 0.546. The van der Waals surface area contributed by atoms with Crippen LogP contribution >= 0.6 is 0 Å². The van der Waals surface area contributed by atoms with Crippen LogP contribution < -0.4 is 19.7 Å². The first-order chi connectivity index (χ1) is 16.3. The van der Waals surface area contributed by atoms with Crippen LogP contribution in [0.15, 0.2) is 36.4 Å². The van der Waals surface area contributed by atoms with E-state index in [9.17, 15) is 18.8 Å². The smallest absolute Gasteiger partial charge is 0.255 e. The number of carbonyl (C=O) groups is 1. The highest BCUT2D eigenvalue weighted by atomic mass is 19.3. The van der Waals surface area contributed by atoms with E-state index >= 15 is 0 Å². The number of rotatable bonds is 9. The molecular weight excluding hydrogens is 442 g/mol. The number of alkyl halides is 2. The molecule has 3 atom stereocenters. The number of amides is 1. The van der Waals surface area contributed by atoms with Gasteiger partial charge in [-0.25, -0.2) is 13.8 Å². The molecule has 2 aromatic rings. The summed E-state index contributed by atoms with van der Waals surface area (Å²) in [6.45, 7) is 5.53. The summed E-state index contributed by atoms with van der Waals surface area (Å²) in [5.41, 5.74) is 1.79. The van der Waals surface area contributed by atoms with Gasteiger partial charge < -0.3 is 19.7 Å². The van der Waals surface area contributed by atoms with E-state index < -0.39 is 11.8 Å². The van der Waals surface area contributed by atoms with E-state index in [0.29, 0.717) is 25.3 Å². The van der Waals surface area contributed by atoms with E-state index in [0.717, 1.165) is 17.7 Å². The Morgan fingerprint density at radius 2 is 2.06 bits per heavy atom. The summed E-state index contributed by atoms with van der Waals surface area (Å²) < 4.78 is 37.6. The van der Waals surface area contributed by atoms with Crippen molar-refractivity contribution in [2.24, 2.45) is 5.92 Å². The monoisotopic (exact) mass is 470 g/mol. The number of nitrogens with one attached hydrogen (secondary N) is 1. The van der Waals surface area contributed by atoms with Gasteiger partial charge in [0.15, 0.2) is 5.69 Å². The van der Waals surface area contributed by atoms with E-state index in [4.69, 9.17) is 9.47 Å². The molecule has 4 rings (SSSR count). The largest absolute Gasteiger partial charge is 0.489 e. The van der Waals surface area contributed by atoms with Crippen molar-refractivity contribution in [1.29, 1.82) is 5.26 Å². The van der Waals surface area contributed by atoms with Crippen LogP contribution in [0.5, 0.6) is 11.6 Å². The molecule has 7 nitrogen and oxygen atoms in total. The summed E-state index contributed by atoms with van der Waals surface area (Å²) in [6, 6.07) is 13.0. The van der Waals surface area contributed by atoms with E-state index in [1.54, 1.807) is 12.1 Å². The number of aromatic nitrogens is 1. The number of anilines is 1. The Kier molecular flexibility index (Phi) is 6.87. The molecule has 0 bridgehead atoms. The first-order valence-corrected chi connectivity index (χ1v) is 11.5. The molecule has 180 valence electrons. The highest BCUT2D eigenvalue weighted by Gasteiger charge is 2.57. The topological polar surface area (TPSA) is 87.5 Å². The fraction of sp³-hybridized carbons (Fsp3) is 0.480. The molecule has 1 aliphatic carbocycles. The van der Waals surface area contributed by atoms with E-state index in [1.807, 2.05) is 43.0 Å². The molecule has 3 unspecified atom stereocenters. The van der Waals surface area contributed by atoms with Gasteiger partial charge in [0.25, 0.3) is 5.92 Å². The van der Waals surface area contributed by atoms with Crippen molar-refractivity contribution in [1.82, 2.24) is 10.3 Å². The number of hydrogen-bond acceptors (Lipinski definition) is 6. The maximum Gasteiger partial charge on any atom is 0.255 e. The second-order valence-corrected chi connectivity index (χ2v) is 8.76. The number of hydrogen-bond donors (Lipinski definition) is 1. The van der Waals surface area contributed by atoms with Crippen LogP contribution in [-0.4, -0.2) is 49.2 Å². The standard InChI is InChI=1S/C25H28F2N4O3/c1-3-29-24(32)16(2)17-4-6-19(7-5-17)34-20-10-11-31(14-20)22-8-9-23(30-21(22)13-28)33-15-18-12-25(18,26)27/h4-9,16,18,20H,3,10-12,14-15H2,1-2H3,(H,29,32). The fourth-order valence-electron chi connectivity index (χ4n) is 4.04. The van der Waals surface area contributed by atoms with Gasteiger partial charge in [0.1, 0.15) is 17.9 Å². The Hall–Kier alpha value is -3.41. The number of likely N-dealkylation sites (N-methyl/N-ethyl adjacent to an activating group) is 1. The average molecular weight is 471 g/mol. The third-order valence-corrected chi connectivity index (χ3v) is 6.26. The number of nitrogens with zero attached hydrogens (tertiary/aromatic N) is 3. The third-order valence-electron chi connectivity index (χ3n) is 6.26. The van der Waals surface area contributed by atoms with Crippen LogP contribution in [0.4, 0.5) is 14.5 Å². The van der Waals surface area contributed by atoms with Crippen molar-refractivity contribution in [3.05, 3.63) is 47.7 Å². The zero-order valence-corrected chi connectivity index (χ0v) is 19.3. The van der Waals surface area contributed by atoms with E-state index in [1.165, 1.54) is 0 Å². The van der Waals surface area contributed by atoms with Crippen LogP contribution in [0.1, 0.15) is 43.9 Å². The number of nitriles is 1. The van der Waals surface area contributed by atoms with Gasteiger partial charge in [-0.3, -0.25) is 4.79 Å². The zero-order chi connectivity index (χ0) is 24.3. The van der Waals surface area contributed by atoms with Crippen LogP contribution in [-0.2, 0) is 4.79 Å². The lowest BCUT2D eigenvalue weighted by Gasteiger charge is -2.20. The van der Waals surface area contributed by atoms with Crippen molar-refractivity contribution < 1.29 is 23.0 Å². The highest BCUT2D eigenvalue weighted by Crippen LogP contribution is 2.48. The molecule has 2 fully saturated rings. The van der Waals surface area contributed by atoms with Gasteiger partial charge in [-0.2, -0.15) is 5.26 Å². The Morgan fingerprint density at radius 3 is 2.71 bits per heavy atom. The number of carbonyl (C=O) groups excluding carboxylic acids is 1. The molecule has 1 N–H and O–H groups in total. The molecular formula is C25H28F2N4O3. The normalized spacial score (nSPS) is 21.4. The summed E-state index contributed by atoms with van der Waals surface area (Å²) in [5.74, 6) is -2.77. The molecule has 1 saturated carbocycles. The molecule has 9 heteroatoms. The van der Waals surface area contributed by atoms with Crippen LogP contribution in [0.25, 0.3) is 0 Å². The quantitative estimate of drug-likeness (QED) is 0.599. The maximum absolute atomic E-state index is 13.0. The van der Waals surface area contributed by atoms with E-state index in [-0.39, 0.29) is 42.5 Å². The molecule has 0 radical (unpaired) electrons. The Bertz CT molecular complexity index is 1070. The minimum absolute atomic E-state index is 0.00796. The molecule has 1 aromatic heterocycles. The summed E-state index contributed by atoms with van der Waals surface area (Å²) in [7, 11) is 0. The van der Waals surface area contributed by atoms with E-state index in [2.05, 4.69) is 16.4 Å². The van der Waals surface area contributed by atoms with Crippen LogP contribution in [0.3, 0.4) is 0 Å². The predicted molar refractivity (Wildman–Crippen MR) is 122 cm³/mol. The molecule has 0 spiro atoms. The van der Waals surface area contributed by atoms with Gasteiger partial charge in [-0.05, 0) is 37.6 Å². The molecule has 1 aliphatic heterocycles. The van der Waals surface area contributed by atoms with Gasteiger partial charge in [-0.15, -0.1) is 0 Å². The molecule has 1 saturated heterocycles. The highest BCUT2D eigenvalue weighted by molar-refractivity contribution is 5.83.